The Morgan fingerprint density at radius 2 is 1.91 bits per heavy atom. The van der Waals surface area contributed by atoms with Crippen molar-refractivity contribution in [2.24, 2.45) is 0 Å². The van der Waals surface area contributed by atoms with E-state index >= 15 is 0 Å². The molecular formula is C18H17FN4. The zero-order chi connectivity index (χ0) is 15.6. The van der Waals surface area contributed by atoms with Crippen LogP contribution in [0.4, 0.5) is 4.39 Å². The van der Waals surface area contributed by atoms with E-state index in [1.807, 2.05) is 28.9 Å². The summed E-state index contributed by atoms with van der Waals surface area (Å²) in [6.45, 7) is 0.401. The summed E-state index contributed by atoms with van der Waals surface area (Å²) >= 11 is 0. The van der Waals surface area contributed by atoms with Crippen molar-refractivity contribution in [3.8, 4) is 11.5 Å². The molecular weight excluding hydrogens is 291 g/mol. The smallest absolute Gasteiger partial charge is 0.200 e. The van der Waals surface area contributed by atoms with E-state index in [2.05, 4.69) is 10.1 Å². The lowest BCUT2D eigenvalue weighted by Crippen LogP contribution is -2.17. The van der Waals surface area contributed by atoms with Gasteiger partial charge in [0.2, 0.25) is 0 Å². The Bertz CT molecular complexity index is 809. The molecule has 0 amide bonds. The lowest BCUT2D eigenvalue weighted by molar-refractivity contribution is 0.383. The minimum Gasteiger partial charge on any atom is -0.253 e. The van der Waals surface area contributed by atoms with Gasteiger partial charge >= 0.3 is 0 Å². The lowest BCUT2D eigenvalue weighted by atomic mass is 9.85. The van der Waals surface area contributed by atoms with E-state index in [1.54, 1.807) is 18.3 Å². The molecule has 0 radical (unpaired) electrons. The van der Waals surface area contributed by atoms with Crippen LogP contribution in [-0.2, 0) is 6.54 Å². The zero-order valence-corrected chi connectivity index (χ0v) is 12.7. The van der Waals surface area contributed by atoms with Crippen molar-refractivity contribution >= 4 is 0 Å². The number of aromatic nitrogens is 4. The Morgan fingerprint density at radius 3 is 2.61 bits per heavy atom. The van der Waals surface area contributed by atoms with E-state index in [0.717, 1.165) is 24.4 Å². The van der Waals surface area contributed by atoms with Gasteiger partial charge in [-0.15, -0.1) is 5.10 Å². The van der Waals surface area contributed by atoms with E-state index < -0.39 is 0 Å². The summed E-state index contributed by atoms with van der Waals surface area (Å²) in [6, 6.07) is 12.5. The molecule has 4 rings (SSSR count). The maximum atomic E-state index is 14.0. The molecule has 1 saturated carbocycles. The quantitative estimate of drug-likeness (QED) is 0.736. The number of hydrogen-bond acceptors (Lipinski definition) is 3. The van der Waals surface area contributed by atoms with Crippen LogP contribution < -0.4 is 0 Å². The van der Waals surface area contributed by atoms with Crippen molar-refractivity contribution in [2.75, 3.05) is 0 Å². The van der Waals surface area contributed by atoms with Crippen molar-refractivity contribution < 1.29 is 4.39 Å². The van der Waals surface area contributed by atoms with Gasteiger partial charge in [-0.2, -0.15) is 0 Å². The second-order valence-electron chi connectivity index (χ2n) is 5.89. The molecule has 0 spiro atoms. The summed E-state index contributed by atoms with van der Waals surface area (Å²) < 4.78 is 15.8. The number of benzene rings is 1. The number of halogens is 1. The first kappa shape index (κ1) is 14.1. The van der Waals surface area contributed by atoms with E-state index in [9.17, 15) is 4.39 Å². The predicted molar refractivity (Wildman–Crippen MR) is 85.3 cm³/mol. The summed E-state index contributed by atoms with van der Waals surface area (Å²) in [6.07, 6.45) is 5.20. The van der Waals surface area contributed by atoms with Crippen LogP contribution in [0.3, 0.4) is 0 Å². The van der Waals surface area contributed by atoms with Crippen molar-refractivity contribution in [3.05, 3.63) is 65.9 Å². The highest BCUT2D eigenvalue weighted by Crippen LogP contribution is 2.36. The van der Waals surface area contributed by atoms with Crippen LogP contribution in [-0.4, -0.2) is 19.7 Å². The SMILES string of the molecule is Fc1ccccc1Cn1nc(-c2ccccn2)nc1C1CCC1. The van der Waals surface area contributed by atoms with Crippen LogP contribution in [0.15, 0.2) is 48.7 Å². The highest BCUT2D eigenvalue weighted by atomic mass is 19.1. The first-order chi connectivity index (χ1) is 11.3. The molecule has 0 bridgehead atoms. The van der Waals surface area contributed by atoms with Crippen LogP contribution in [0.2, 0.25) is 0 Å². The lowest BCUT2D eigenvalue weighted by Gasteiger charge is -2.24. The third-order valence-electron chi connectivity index (χ3n) is 4.34. The normalized spacial score (nSPS) is 14.7. The largest absolute Gasteiger partial charge is 0.253 e. The molecule has 0 aliphatic heterocycles. The highest BCUT2D eigenvalue weighted by molar-refractivity contribution is 5.48. The molecule has 1 fully saturated rings. The van der Waals surface area contributed by atoms with Crippen molar-refractivity contribution in [3.63, 3.8) is 0 Å². The average Bonchev–Trinajstić information content (AvgIpc) is 2.92. The number of nitrogens with zero attached hydrogens (tertiary/aromatic N) is 4. The van der Waals surface area contributed by atoms with Crippen molar-refractivity contribution in [1.82, 2.24) is 19.7 Å². The summed E-state index contributed by atoms with van der Waals surface area (Å²) in [5, 5.41) is 4.60. The van der Waals surface area contributed by atoms with Gasteiger partial charge in [0.05, 0.1) is 6.54 Å². The van der Waals surface area contributed by atoms with E-state index in [0.29, 0.717) is 23.9 Å². The van der Waals surface area contributed by atoms with Gasteiger partial charge in [-0.25, -0.2) is 14.1 Å². The molecule has 0 unspecified atom stereocenters. The Labute approximate surface area is 134 Å². The molecule has 5 heteroatoms. The van der Waals surface area contributed by atoms with E-state index in [4.69, 9.17) is 4.98 Å². The maximum absolute atomic E-state index is 14.0. The predicted octanol–water partition coefficient (Wildman–Crippen LogP) is 3.80. The van der Waals surface area contributed by atoms with Gasteiger partial charge in [-0.05, 0) is 31.0 Å². The molecule has 0 N–H and O–H groups in total. The van der Waals surface area contributed by atoms with Crippen LogP contribution >= 0.6 is 0 Å². The standard InChI is InChI=1S/C18H17FN4/c19-15-9-2-1-6-14(15)12-23-18(13-7-5-8-13)21-17(22-23)16-10-3-4-11-20-16/h1-4,6,9-11,13H,5,7-8,12H2. The van der Waals surface area contributed by atoms with Gasteiger partial charge in [0.25, 0.3) is 0 Å². The van der Waals surface area contributed by atoms with Gasteiger partial charge in [0, 0.05) is 17.7 Å². The fourth-order valence-corrected chi connectivity index (χ4v) is 2.83. The summed E-state index contributed by atoms with van der Waals surface area (Å²) in [5.41, 5.74) is 1.38. The summed E-state index contributed by atoms with van der Waals surface area (Å²) in [7, 11) is 0. The molecule has 0 saturated heterocycles. The van der Waals surface area contributed by atoms with Gasteiger partial charge < -0.3 is 0 Å². The molecule has 4 nitrogen and oxygen atoms in total. The molecule has 1 aliphatic rings. The second kappa shape index (κ2) is 5.91. The first-order valence-corrected chi connectivity index (χ1v) is 7.91. The topological polar surface area (TPSA) is 43.6 Å². The highest BCUT2D eigenvalue weighted by Gasteiger charge is 2.26. The summed E-state index contributed by atoms with van der Waals surface area (Å²) in [5.74, 6) is 1.78. The molecule has 2 heterocycles. The average molecular weight is 308 g/mol. The van der Waals surface area contributed by atoms with Crippen LogP contribution in [0.5, 0.6) is 0 Å². The van der Waals surface area contributed by atoms with Crippen LogP contribution in [0.1, 0.15) is 36.6 Å². The Kier molecular flexibility index (Phi) is 3.61. The fraction of sp³-hybridized carbons (Fsp3) is 0.278. The van der Waals surface area contributed by atoms with Crippen molar-refractivity contribution in [1.29, 1.82) is 0 Å². The van der Waals surface area contributed by atoms with Gasteiger partial charge in [-0.1, -0.05) is 30.7 Å². The summed E-state index contributed by atoms with van der Waals surface area (Å²) in [4.78, 5) is 9.01. The van der Waals surface area contributed by atoms with Gasteiger partial charge in [0.1, 0.15) is 17.3 Å². The van der Waals surface area contributed by atoms with Crippen LogP contribution in [0, 0.1) is 5.82 Å². The van der Waals surface area contributed by atoms with E-state index in [1.165, 1.54) is 12.5 Å². The van der Waals surface area contributed by atoms with Gasteiger partial charge in [-0.3, -0.25) is 4.98 Å². The molecule has 1 aromatic carbocycles. The number of pyridine rings is 1. The van der Waals surface area contributed by atoms with Gasteiger partial charge in [0.15, 0.2) is 5.82 Å². The fourth-order valence-electron chi connectivity index (χ4n) is 2.83. The maximum Gasteiger partial charge on any atom is 0.200 e. The first-order valence-electron chi connectivity index (χ1n) is 7.91. The van der Waals surface area contributed by atoms with E-state index in [-0.39, 0.29) is 5.82 Å². The molecule has 0 atom stereocenters. The Hall–Kier alpha value is -2.56. The number of rotatable bonds is 4. The molecule has 116 valence electrons. The third kappa shape index (κ3) is 2.74. The number of hydrogen-bond donors (Lipinski definition) is 0. The Balaban J connectivity index is 1.72. The zero-order valence-electron chi connectivity index (χ0n) is 12.7. The van der Waals surface area contributed by atoms with Crippen molar-refractivity contribution in [2.45, 2.75) is 31.7 Å². The third-order valence-corrected chi connectivity index (χ3v) is 4.34. The molecule has 23 heavy (non-hydrogen) atoms. The second-order valence-corrected chi connectivity index (χ2v) is 5.89. The molecule has 3 aromatic rings. The molecule has 1 aliphatic carbocycles. The minimum atomic E-state index is -0.207. The monoisotopic (exact) mass is 308 g/mol. The minimum absolute atomic E-state index is 0.207. The molecule has 2 aromatic heterocycles. The van der Waals surface area contributed by atoms with Crippen LogP contribution in [0.25, 0.3) is 11.5 Å². The Morgan fingerprint density at radius 1 is 1.09 bits per heavy atom.